The van der Waals surface area contributed by atoms with E-state index >= 15 is 0 Å². The van der Waals surface area contributed by atoms with E-state index in [1.807, 2.05) is 0 Å². The fourth-order valence-electron chi connectivity index (χ4n) is 2.87. The molecule has 3 N–H and O–H groups in total. The molecule has 0 bridgehead atoms. The van der Waals surface area contributed by atoms with Crippen molar-refractivity contribution in [3.05, 3.63) is 35.4 Å². The van der Waals surface area contributed by atoms with E-state index in [1.54, 1.807) is 20.8 Å². The van der Waals surface area contributed by atoms with Crippen LogP contribution in [0.4, 0.5) is 13.6 Å². The van der Waals surface area contributed by atoms with Crippen molar-refractivity contribution in [2.45, 2.75) is 51.7 Å². The van der Waals surface area contributed by atoms with Gasteiger partial charge < -0.3 is 10.1 Å². The molecule has 0 radical (unpaired) electrons. The highest BCUT2D eigenvalue weighted by molar-refractivity contribution is 5.95. The van der Waals surface area contributed by atoms with Gasteiger partial charge in [-0.15, -0.1) is 0 Å². The molecule has 2 atom stereocenters. The molecule has 0 aliphatic heterocycles. The summed E-state index contributed by atoms with van der Waals surface area (Å²) in [4.78, 5) is 36.2. The number of rotatable bonds is 3. The van der Waals surface area contributed by atoms with Gasteiger partial charge in [-0.05, 0) is 45.7 Å². The van der Waals surface area contributed by atoms with E-state index < -0.39 is 47.1 Å². The van der Waals surface area contributed by atoms with Gasteiger partial charge in [0.2, 0.25) is 5.91 Å². The molecule has 1 saturated carbocycles. The summed E-state index contributed by atoms with van der Waals surface area (Å²) in [7, 11) is 0. The number of halogens is 2. The fourth-order valence-corrected chi connectivity index (χ4v) is 2.87. The minimum atomic E-state index is -0.899. The molecule has 0 unspecified atom stereocenters. The molecular weight excluding hydrogens is 360 g/mol. The second-order valence-electron chi connectivity index (χ2n) is 7.39. The maximum atomic E-state index is 13.2. The van der Waals surface area contributed by atoms with E-state index in [1.165, 1.54) is 0 Å². The number of nitrogens with one attached hydrogen (secondary N) is 3. The molecule has 3 amide bonds. The molecule has 0 spiro atoms. The number of alkyl carbamates (subject to hydrolysis) is 1. The van der Waals surface area contributed by atoms with Gasteiger partial charge in [0.25, 0.3) is 5.91 Å². The minimum absolute atomic E-state index is 0.261. The molecule has 1 aliphatic rings. The highest BCUT2D eigenvalue weighted by Crippen LogP contribution is 2.26. The minimum Gasteiger partial charge on any atom is -0.444 e. The van der Waals surface area contributed by atoms with Gasteiger partial charge in [0.1, 0.15) is 17.2 Å². The highest BCUT2D eigenvalue weighted by Gasteiger charge is 2.35. The summed E-state index contributed by atoms with van der Waals surface area (Å²) in [6.07, 6.45) is 1.23. The van der Waals surface area contributed by atoms with E-state index in [9.17, 15) is 23.2 Å². The van der Waals surface area contributed by atoms with Crippen LogP contribution in [0.1, 0.15) is 50.4 Å². The van der Waals surface area contributed by atoms with Crippen LogP contribution < -0.4 is 16.2 Å². The predicted octanol–water partition coefficient (Wildman–Crippen LogP) is 2.42. The topological polar surface area (TPSA) is 96.5 Å². The van der Waals surface area contributed by atoms with E-state index in [4.69, 9.17) is 4.74 Å². The largest absolute Gasteiger partial charge is 0.444 e. The van der Waals surface area contributed by atoms with Crippen LogP contribution in [0, 0.1) is 17.6 Å². The van der Waals surface area contributed by atoms with Crippen LogP contribution in [0.15, 0.2) is 18.2 Å². The SMILES string of the molecule is CC(C)(C)OC(=O)N[C@@H]1CCC[C@@H]1C(=O)NNC(=O)c1cc(F)cc(F)c1. The van der Waals surface area contributed by atoms with Crippen LogP contribution >= 0.6 is 0 Å². The maximum absolute atomic E-state index is 13.2. The number of carbonyl (C=O) groups excluding carboxylic acids is 3. The van der Waals surface area contributed by atoms with Gasteiger partial charge in [0.15, 0.2) is 0 Å². The first-order valence-corrected chi connectivity index (χ1v) is 8.61. The molecule has 27 heavy (non-hydrogen) atoms. The van der Waals surface area contributed by atoms with Gasteiger partial charge in [0.05, 0.1) is 5.92 Å². The number of ether oxygens (including phenoxy) is 1. The molecule has 1 aliphatic carbocycles. The monoisotopic (exact) mass is 383 g/mol. The first-order chi connectivity index (χ1) is 12.5. The van der Waals surface area contributed by atoms with Crippen LogP contribution in [0.2, 0.25) is 0 Å². The van der Waals surface area contributed by atoms with Crippen molar-refractivity contribution in [2.75, 3.05) is 0 Å². The molecule has 0 saturated heterocycles. The van der Waals surface area contributed by atoms with E-state index in [2.05, 4.69) is 16.2 Å². The summed E-state index contributed by atoms with van der Waals surface area (Å²) in [6, 6.07) is 1.92. The normalized spacial score (nSPS) is 19.3. The third-order valence-corrected chi connectivity index (χ3v) is 3.98. The van der Waals surface area contributed by atoms with E-state index in [0.29, 0.717) is 18.9 Å². The van der Waals surface area contributed by atoms with E-state index in [0.717, 1.165) is 18.6 Å². The summed E-state index contributed by atoms with van der Waals surface area (Å²) in [5.41, 5.74) is 3.44. The number of hydrazine groups is 1. The van der Waals surface area contributed by atoms with Crippen molar-refractivity contribution >= 4 is 17.9 Å². The average molecular weight is 383 g/mol. The molecule has 148 valence electrons. The Bertz CT molecular complexity index is 714. The Morgan fingerprint density at radius 3 is 2.26 bits per heavy atom. The van der Waals surface area contributed by atoms with Crippen molar-refractivity contribution < 1.29 is 27.9 Å². The number of carbonyl (C=O) groups is 3. The first-order valence-electron chi connectivity index (χ1n) is 8.61. The first kappa shape index (κ1) is 20.6. The molecule has 1 aromatic rings. The van der Waals surface area contributed by atoms with Gasteiger partial charge in [-0.2, -0.15) is 0 Å². The van der Waals surface area contributed by atoms with Gasteiger partial charge in [-0.1, -0.05) is 6.42 Å². The lowest BCUT2D eigenvalue weighted by atomic mass is 10.0. The van der Waals surface area contributed by atoms with Gasteiger partial charge in [-0.25, -0.2) is 13.6 Å². The summed E-state index contributed by atoms with van der Waals surface area (Å²) >= 11 is 0. The lowest BCUT2D eigenvalue weighted by Gasteiger charge is -2.24. The number of benzene rings is 1. The Labute approximate surface area is 155 Å². The fraction of sp³-hybridized carbons (Fsp3) is 0.500. The highest BCUT2D eigenvalue weighted by atomic mass is 19.1. The number of hydrogen-bond donors (Lipinski definition) is 3. The van der Waals surface area contributed by atoms with Gasteiger partial charge >= 0.3 is 6.09 Å². The summed E-state index contributed by atoms with van der Waals surface area (Å²) in [6.45, 7) is 5.20. The second-order valence-corrected chi connectivity index (χ2v) is 7.39. The zero-order valence-electron chi connectivity index (χ0n) is 15.4. The van der Waals surface area contributed by atoms with Crippen molar-refractivity contribution in [3.8, 4) is 0 Å². The maximum Gasteiger partial charge on any atom is 0.407 e. The van der Waals surface area contributed by atoms with Crippen molar-refractivity contribution in [1.82, 2.24) is 16.2 Å². The van der Waals surface area contributed by atoms with Crippen LogP contribution in [-0.2, 0) is 9.53 Å². The quantitative estimate of drug-likeness (QED) is 0.699. The van der Waals surface area contributed by atoms with Crippen LogP contribution in [0.25, 0.3) is 0 Å². The summed E-state index contributed by atoms with van der Waals surface area (Å²) in [5.74, 6) is -3.70. The summed E-state index contributed by atoms with van der Waals surface area (Å²) < 4.78 is 31.5. The molecule has 2 rings (SSSR count). The molecule has 0 aromatic heterocycles. The Kier molecular flexibility index (Phi) is 6.35. The third-order valence-electron chi connectivity index (χ3n) is 3.98. The van der Waals surface area contributed by atoms with Crippen LogP contribution in [0.5, 0.6) is 0 Å². The molecule has 0 heterocycles. The zero-order chi connectivity index (χ0) is 20.2. The average Bonchev–Trinajstić information content (AvgIpc) is 2.97. The van der Waals surface area contributed by atoms with Crippen LogP contribution in [0.3, 0.4) is 0 Å². The third kappa shape index (κ3) is 6.19. The Morgan fingerprint density at radius 2 is 1.67 bits per heavy atom. The second kappa shape index (κ2) is 8.32. The standard InChI is InChI=1S/C18H23F2N3O4/c1-18(2,3)27-17(26)21-14-6-4-5-13(14)16(25)23-22-15(24)10-7-11(19)9-12(20)8-10/h7-9,13-14H,4-6H2,1-3H3,(H,21,26)(H,22,24)(H,23,25)/t13-,14+/m0/s1. The predicted molar refractivity (Wildman–Crippen MR) is 92.5 cm³/mol. The van der Waals surface area contributed by atoms with Gasteiger partial charge in [0, 0.05) is 17.7 Å². The Hall–Kier alpha value is -2.71. The molecular formula is C18H23F2N3O4. The lowest BCUT2D eigenvalue weighted by Crippen LogP contribution is -2.50. The summed E-state index contributed by atoms with van der Waals surface area (Å²) in [5, 5.41) is 2.67. The van der Waals surface area contributed by atoms with Crippen molar-refractivity contribution in [2.24, 2.45) is 5.92 Å². The molecule has 7 nitrogen and oxygen atoms in total. The lowest BCUT2D eigenvalue weighted by molar-refractivity contribution is -0.126. The van der Waals surface area contributed by atoms with Crippen LogP contribution in [-0.4, -0.2) is 29.6 Å². The number of hydrogen-bond acceptors (Lipinski definition) is 4. The van der Waals surface area contributed by atoms with Crippen molar-refractivity contribution in [3.63, 3.8) is 0 Å². The smallest absolute Gasteiger partial charge is 0.407 e. The zero-order valence-corrected chi connectivity index (χ0v) is 15.4. The molecule has 1 fully saturated rings. The molecule has 9 heteroatoms. The number of amides is 3. The van der Waals surface area contributed by atoms with E-state index in [-0.39, 0.29) is 5.56 Å². The molecule has 1 aromatic carbocycles. The Balaban J connectivity index is 1.90. The van der Waals surface area contributed by atoms with Crippen molar-refractivity contribution in [1.29, 1.82) is 0 Å². The Morgan fingerprint density at radius 1 is 1.04 bits per heavy atom. The van der Waals surface area contributed by atoms with Gasteiger partial charge in [-0.3, -0.25) is 20.4 Å².